The molecule has 0 unspecified atom stereocenters. The first kappa shape index (κ1) is 22.5. The smallest absolute Gasteiger partial charge is 0.343 e. The molecule has 34 heavy (non-hydrogen) atoms. The molecule has 0 aliphatic heterocycles. The van der Waals surface area contributed by atoms with Crippen LogP contribution in [0.4, 0.5) is 0 Å². The molecule has 1 amide bonds. The summed E-state index contributed by atoms with van der Waals surface area (Å²) < 4.78 is 12.5. The van der Waals surface area contributed by atoms with Gasteiger partial charge >= 0.3 is 5.97 Å². The van der Waals surface area contributed by atoms with Crippen molar-refractivity contribution in [3.63, 3.8) is 0 Å². The van der Waals surface area contributed by atoms with Crippen molar-refractivity contribution in [1.29, 1.82) is 0 Å². The molecule has 0 saturated carbocycles. The summed E-state index contributed by atoms with van der Waals surface area (Å²) in [5.41, 5.74) is 5.84. The zero-order valence-electron chi connectivity index (χ0n) is 18.8. The van der Waals surface area contributed by atoms with Gasteiger partial charge in [-0.25, -0.2) is 10.2 Å². The van der Waals surface area contributed by atoms with Gasteiger partial charge in [0.05, 0.1) is 18.4 Å². The summed E-state index contributed by atoms with van der Waals surface area (Å²) in [7, 11) is 1.54. The van der Waals surface area contributed by atoms with Gasteiger partial charge in [-0.3, -0.25) is 4.79 Å². The third-order valence-corrected chi connectivity index (χ3v) is 5.15. The molecule has 170 valence electrons. The quantitative estimate of drug-likeness (QED) is 0.188. The van der Waals surface area contributed by atoms with Crippen molar-refractivity contribution in [2.45, 2.75) is 6.92 Å². The minimum absolute atomic E-state index is 0.303. The number of esters is 1. The van der Waals surface area contributed by atoms with Crippen molar-refractivity contribution in [2.75, 3.05) is 7.11 Å². The minimum atomic E-state index is -0.480. The van der Waals surface area contributed by atoms with Crippen LogP contribution in [0.25, 0.3) is 5.69 Å². The molecule has 0 saturated heterocycles. The lowest BCUT2D eigenvalue weighted by atomic mass is 10.1. The number of hydrogen-bond acceptors (Lipinski definition) is 5. The molecule has 7 heteroatoms. The number of methoxy groups -OCH3 is 1. The SMILES string of the molecule is COc1cccc(C(=O)Oc2ccc(/C(C)=N/NC(=O)c3ccc(-n4cccc4)cc3)cc2)c1. The number of rotatable bonds is 7. The Morgan fingerprint density at radius 1 is 0.794 bits per heavy atom. The van der Waals surface area contributed by atoms with Crippen LogP contribution in [0.2, 0.25) is 0 Å². The van der Waals surface area contributed by atoms with E-state index in [1.54, 1.807) is 67.6 Å². The van der Waals surface area contributed by atoms with Crippen molar-refractivity contribution in [1.82, 2.24) is 9.99 Å². The topological polar surface area (TPSA) is 81.9 Å². The van der Waals surface area contributed by atoms with Gasteiger partial charge in [-0.2, -0.15) is 5.10 Å². The predicted molar refractivity (Wildman–Crippen MR) is 130 cm³/mol. The number of nitrogens with zero attached hydrogens (tertiary/aromatic N) is 2. The van der Waals surface area contributed by atoms with E-state index < -0.39 is 5.97 Å². The lowest BCUT2D eigenvalue weighted by Gasteiger charge is -2.07. The highest BCUT2D eigenvalue weighted by atomic mass is 16.5. The number of amides is 1. The molecule has 4 rings (SSSR count). The highest BCUT2D eigenvalue weighted by molar-refractivity contribution is 6.01. The second kappa shape index (κ2) is 10.3. The molecular weight excluding hydrogens is 430 g/mol. The summed E-state index contributed by atoms with van der Waals surface area (Å²) >= 11 is 0. The Labute approximate surface area is 197 Å². The third-order valence-electron chi connectivity index (χ3n) is 5.15. The third kappa shape index (κ3) is 5.39. The normalized spacial score (nSPS) is 11.1. The van der Waals surface area contributed by atoms with E-state index in [2.05, 4.69) is 10.5 Å². The molecule has 7 nitrogen and oxygen atoms in total. The average molecular weight is 453 g/mol. The maximum absolute atomic E-state index is 12.4. The number of nitrogens with one attached hydrogen (secondary N) is 1. The Kier molecular flexibility index (Phi) is 6.84. The molecule has 0 fully saturated rings. The zero-order valence-corrected chi connectivity index (χ0v) is 18.8. The Bertz CT molecular complexity index is 1310. The monoisotopic (exact) mass is 453 g/mol. The highest BCUT2D eigenvalue weighted by Gasteiger charge is 2.10. The van der Waals surface area contributed by atoms with Gasteiger partial charge in [0, 0.05) is 23.6 Å². The van der Waals surface area contributed by atoms with Gasteiger partial charge in [0.25, 0.3) is 5.91 Å². The number of benzene rings is 3. The molecule has 4 aromatic rings. The molecule has 1 N–H and O–H groups in total. The zero-order chi connectivity index (χ0) is 23.9. The molecule has 0 bridgehead atoms. The molecule has 0 radical (unpaired) electrons. The van der Waals surface area contributed by atoms with E-state index in [0.29, 0.717) is 28.3 Å². The second-order valence-corrected chi connectivity index (χ2v) is 7.42. The Hall–Kier alpha value is -4.65. The number of hydrazone groups is 1. The maximum atomic E-state index is 12.4. The molecule has 3 aromatic carbocycles. The largest absolute Gasteiger partial charge is 0.497 e. The second-order valence-electron chi connectivity index (χ2n) is 7.42. The van der Waals surface area contributed by atoms with Gasteiger partial charge in [0.1, 0.15) is 11.5 Å². The van der Waals surface area contributed by atoms with Crippen molar-refractivity contribution < 1.29 is 19.1 Å². The fourth-order valence-electron chi connectivity index (χ4n) is 3.24. The van der Waals surface area contributed by atoms with Crippen LogP contribution in [0, 0.1) is 0 Å². The molecule has 1 heterocycles. The van der Waals surface area contributed by atoms with Crippen LogP contribution < -0.4 is 14.9 Å². The summed E-state index contributed by atoms with van der Waals surface area (Å²) in [6, 6.07) is 24.8. The number of ether oxygens (including phenoxy) is 2. The fraction of sp³-hybridized carbons (Fsp3) is 0.0741. The first-order valence-electron chi connectivity index (χ1n) is 10.6. The molecule has 1 aromatic heterocycles. The number of carbonyl (C=O) groups is 2. The van der Waals surface area contributed by atoms with Crippen molar-refractivity contribution >= 4 is 17.6 Å². The van der Waals surface area contributed by atoms with Crippen LogP contribution in [0.5, 0.6) is 11.5 Å². The van der Waals surface area contributed by atoms with E-state index in [4.69, 9.17) is 9.47 Å². The van der Waals surface area contributed by atoms with Crippen LogP contribution in [0.15, 0.2) is 102 Å². The van der Waals surface area contributed by atoms with Gasteiger partial charge in [0.15, 0.2) is 0 Å². The number of hydrogen-bond donors (Lipinski definition) is 1. The van der Waals surface area contributed by atoms with E-state index in [0.717, 1.165) is 11.3 Å². The lowest BCUT2D eigenvalue weighted by molar-refractivity contribution is 0.0734. The molecule has 0 aliphatic rings. The summed E-state index contributed by atoms with van der Waals surface area (Å²) in [6.45, 7) is 1.78. The first-order valence-corrected chi connectivity index (χ1v) is 10.6. The summed E-state index contributed by atoms with van der Waals surface area (Å²) in [6.07, 6.45) is 3.88. The van der Waals surface area contributed by atoms with Gasteiger partial charge < -0.3 is 14.0 Å². The highest BCUT2D eigenvalue weighted by Crippen LogP contribution is 2.18. The van der Waals surface area contributed by atoms with Crippen LogP contribution in [-0.2, 0) is 0 Å². The Balaban J connectivity index is 1.36. The molecule has 0 spiro atoms. The van der Waals surface area contributed by atoms with Crippen molar-refractivity contribution in [3.8, 4) is 17.2 Å². The van der Waals surface area contributed by atoms with Gasteiger partial charge in [-0.15, -0.1) is 0 Å². The van der Waals surface area contributed by atoms with Crippen LogP contribution in [0.1, 0.15) is 33.2 Å². The number of aromatic nitrogens is 1. The van der Waals surface area contributed by atoms with Crippen LogP contribution >= 0.6 is 0 Å². The lowest BCUT2D eigenvalue weighted by Crippen LogP contribution is -2.19. The van der Waals surface area contributed by atoms with Gasteiger partial charge in [0.2, 0.25) is 0 Å². The van der Waals surface area contributed by atoms with Crippen molar-refractivity contribution in [3.05, 3.63) is 114 Å². The average Bonchev–Trinajstić information content (AvgIpc) is 3.43. The summed E-state index contributed by atoms with van der Waals surface area (Å²) in [5, 5.41) is 4.19. The van der Waals surface area contributed by atoms with E-state index in [-0.39, 0.29) is 5.91 Å². The maximum Gasteiger partial charge on any atom is 0.343 e. The van der Waals surface area contributed by atoms with Crippen molar-refractivity contribution in [2.24, 2.45) is 5.10 Å². The summed E-state index contributed by atoms with van der Waals surface area (Å²) in [5.74, 6) is 0.195. The minimum Gasteiger partial charge on any atom is -0.497 e. The van der Waals surface area contributed by atoms with E-state index in [1.165, 1.54) is 7.11 Å². The number of carbonyl (C=O) groups excluding carboxylic acids is 2. The van der Waals surface area contributed by atoms with E-state index in [9.17, 15) is 9.59 Å². The fourth-order valence-corrected chi connectivity index (χ4v) is 3.24. The van der Waals surface area contributed by atoms with E-state index in [1.807, 2.05) is 41.2 Å². The van der Waals surface area contributed by atoms with E-state index >= 15 is 0 Å². The standard InChI is InChI=1S/C27H23N3O4/c1-19(28-29-26(31)21-8-12-23(13-9-21)30-16-3-4-17-30)20-10-14-24(15-11-20)34-27(32)22-6-5-7-25(18-22)33-2/h3-18H,1-2H3,(H,29,31)/b28-19+. The van der Waals surface area contributed by atoms with Crippen LogP contribution in [0.3, 0.4) is 0 Å². The molecule has 0 aliphatic carbocycles. The van der Waals surface area contributed by atoms with Gasteiger partial charge in [-0.05, 0) is 91.3 Å². The molecule has 0 atom stereocenters. The summed E-state index contributed by atoms with van der Waals surface area (Å²) in [4.78, 5) is 24.8. The predicted octanol–water partition coefficient (Wildman–Crippen LogP) is 4.86. The first-order chi connectivity index (χ1) is 16.5. The Morgan fingerprint density at radius 3 is 2.15 bits per heavy atom. The molecular formula is C27H23N3O4. The van der Waals surface area contributed by atoms with Crippen LogP contribution in [-0.4, -0.2) is 29.3 Å². The van der Waals surface area contributed by atoms with Gasteiger partial charge in [-0.1, -0.05) is 6.07 Å². The Morgan fingerprint density at radius 2 is 1.47 bits per heavy atom.